The predicted octanol–water partition coefficient (Wildman–Crippen LogP) is 3.75. The van der Waals surface area contributed by atoms with E-state index in [1.165, 1.54) is 6.07 Å². The molecule has 0 amide bonds. The number of phenolic OH excluding ortho intramolecular Hbond substituents is 1. The molecule has 1 saturated heterocycles. The van der Waals surface area contributed by atoms with Crippen LogP contribution in [-0.2, 0) is 6.42 Å². The summed E-state index contributed by atoms with van der Waals surface area (Å²) < 4.78 is 26.0. The fourth-order valence-corrected chi connectivity index (χ4v) is 2.60. The highest BCUT2D eigenvalue weighted by molar-refractivity contribution is 5.45. The van der Waals surface area contributed by atoms with E-state index in [4.69, 9.17) is 0 Å². The van der Waals surface area contributed by atoms with Crippen LogP contribution >= 0.6 is 0 Å². The molecule has 0 aromatic heterocycles. The minimum atomic E-state index is -2.63. The number of phenols is 1. The van der Waals surface area contributed by atoms with Crippen LogP contribution in [0.1, 0.15) is 55.7 Å². The normalized spacial score (nSPS) is 19.6. The highest BCUT2D eigenvalue weighted by Crippen LogP contribution is 2.35. The van der Waals surface area contributed by atoms with Gasteiger partial charge >= 0.3 is 0 Å². The molecule has 1 aromatic rings. The fourth-order valence-electron chi connectivity index (χ4n) is 2.60. The van der Waals surface area contributed by atoms with Crippen LogP contribution in [0.2, 0.25) is 0 Å². The zero-order chi connectivity index (χ0) is 14.0. The van der Waals surface area contributed by atoms with Crippen LogP contribution in [0.4, 0.5) is 8.78 Å². The van der Waals surface area contributed by atoms with Gasteiger partial charge in [-0.25, -0.2) is 8.78 Å². The first-order valence-corrected chi connectivity index (χ1v) is 6.86. The van der Waals surface area contributed by atoms with Crippen molar-refractivity contribution in [3.8, 4) is 5.75 Å². The summed E-state index contributed by atoms with van der Waals surface area (Å²) in [6, 6.07) is 3.58. The molecule has 1 aliphatic heterocycles. The molecular weight excluding hydrogens is 248 g/mol. The SMILES string of the molecule is CC(C)c1cc(CC2CCCN2)c(O)c(C(F)F)c1. The van der Waals surface area contributed by atoms with Crippen LogP contribution in [0.25, 0.3) is 0 Å². The molecule has 1 atom stereocenters. The summed E-state index contributed by atoms with van der Waals surface area (Å²) in [5.74, 6) is -0.0542. The fraction of sp³-hybridized carbons (Fsp3) is 0.600. The standard InChI is InChI=1S/C15H21F2NO/c1-9(2)10-6-11(7-12-4-3-5-18-12)14(19)13(8-10)15(16)17/h6,8-9,12,15,18-19H,3-5,7H2,1-2H3. The van der Waals surface area contributed by atoms with E-state index in [0.29, 0.717) is 18.0 Å². The van der Waals surface area contributed by atoms with Gasteiger partial charge < -0.3 is 10.4 Å². The number of rotatable bonds is 4. The minimum absolute atomic E-state index is 0.174. The smallest absolute Gasteiger partial charge is 0.267 e. The molecule has 1 unspecified atom stereocenters. The van der Waals surface area contributed by atoms with Crippen molar-refractivity contribution in [2.24, 2.45) is 0 Å². The molecule has 0 saturated carbocycles. The summed E-state index contributed by atoms with van der Waals surface area (Å²) in [5, 5.41) is 13.3. The third-order valence-corrected chi connectivity index (χ3v) is 3.77. The van der Waals surface area contributed by atoms with Gasteiger partial charge in [0, 0.05) is 6.04 Å². The first kappa shape index (κ1) is 14.3. The summed E-state index contributed by atoms with van der Waals surface area (Å²) in [6.45, 7) is 4.91. The van der Waals surface area contributed by atoms with Gasteiger partial charge in [-0.3, -0.25) is 0 Å². The number of alkyl halides is 2. The van der Waals surface area contributed by atoms with Crippen molar-refractivity contribution in [1.82, 2.24) is 5.32 Å². The monoisotopic (exact) mass is 269 g/mol. The lowest BCUT2D eigenvalue weighted by molar-refractivity contribution is 0.147. The van der Waals surface area contributed by atoms with Crippen LogP contribution in [0.3, 0.4) is 0 Å². The summed E-state index contributed by atoms with van der Waals surface area (Å²) in [6.07, 6.45) is 0.132. The Labute approximate surface area is 112 Å². The Hall–Kier alpha value is -1.16. The molecule has 1 aromatic carbocycles. The quantitative estimate of drug-likeness (QED) is 0.872. The number of hydrogen-bond acceptors (Lipinski definition) is 2. The Morgan fingerprint density at radius 3 is 2.63 bits per heavy atom. The maximum atomic E-state index is 13.0. The van der Waals surface area contributed by atoms with Gasteiger partial charge in [-0.1, -0.05) is 19.9 Å². The molecule has 0 radical (unpaired) electrons. The summed E-state index contributed by atoms with van der Waals surface area (Å²) in [4.78, 5) is 0. The zero-order valence-corrected chi connectivity index (χ0v) is 11.4. The molecule has 106 valence electrons. The minimum Gasteiger partial charge on any atom is -0.507 e. The molecule has 2 N–H and O–H groups in total. The molecule has 1 aliphatic rings. The van der Waals surface area contributed by atoms with E-state index in [9.17, 15) is 13.9 Å². The second kappa shape index (κ2) is 5.87. The molecule has 1 heterocycles. The molecule has 1 fully saturated rings. The second-order valence-electron chi connectivity index (χ2n) is 5.57. The molecule has 4 heteroatoms. The highest BCUT2D eigenvalue weighted by atomic mass is 19.3. The van der Waals surface area contributed by atoms with Gasteiger partial charge in [0.1, 0.15) is 5.75 Å². The van der Waals surface area contributed by atoms with E-state index < -0.39 is 6.43 Å². The van der Waals surface area contributed by atoms with Gasteiger partial charge in [0.05, 0.1) is 5.56 Å². The van der Waals surface area contributed by atoms with Crippen molar-refractivity contribution in [2.75, 3.05) is 6.54 Å². The van der Waals surface area contributed by atoms with Gasteiger partial charge in [0.2, 0.25) is 0 Å². The van der Waals surface area contributed by atoms with Gasteiger partial charge in [0.25, 0.3) is 6.43 Å². The maximum Gasteiger partial charge on any atom is 0.267 e. The first-order chi connectivity index (χ1) is 8.99. The van der Waals surface area contributed by atoms with Crippen LogP contribution in [0, 0.1) is 0 Å². The van der Waals surface area contributed by atoms with Crippen molar-refractivity contribution in [3.63, 3.8) is 0 Å². The van der Waals surface area contributed by atoms with Gasteiger partial charge in [-0.15, -0.1) is 0 Å². The molecule has 0 spiro atoms. The molecule has 0 bridgehead atoms. The third kappa shape index (κ3) is 3.24. The van der Waals surface area contributed by atoms with Crippen molar-refractivity contribution in [2.45, 2.75) is 51.5 Å². The van der Waals surface area contributed by atoms with Crippen LogP contribution < -0.4 is 5.32 Å². The van der Waals surface area contributed by atoms with Gasteiger partial charge in [-0.2, -0.15) is 0 Å². The Bertz CT molecular complexity index is 440. The molecule has 2 rings (SSSR count). The van der Waals surface area contributed by atoms with Crippen LogP contribution in [0.15, 0.2) is 12.1 Å². The Kier molecular flexibility index (Phi) is 4.40. The van der Waals surface area contributed by atoms with Crippen molar-refractivity contribution in [3.05, 3.63) is 28.8 Å². The van der Waals surface area contributed by atoms with E-state index in [2.05, 4.69) is 5.32 Å². The van der Waals surface area contributed by atoms with Crippen molar-refractivity contribution in [1.29, 1.82) is 0 Å². The lowest BCUT2D eigenvalue weighted by Crippen LogP contribution is -2.23. The van der Waals surface area contributed by atoms with Crippen LogP contribution in [-0.4, -0.2) is 17.7 Å². The zero-order valence-electron chi connectivity index (χ0n) is 11.4. The van der Waals surface area contributed by atoms with E-state index in [-0.39, 0.29) is 17.2 Å². The topological polar surface area (TPSA) is 32.3 Å². The number of benzene rings is 1. The van der Waals surface area contributed by atoms with Gasteiger partial charge in [0.15, 0.2) is 0 Å². The molecule has 0 aliphatic carbocycles. The maximum absolute atomic E-state index is 13.0. The van der Waals surface area contributed by atoms with E-state index in [1.807, 2.05) is 19.9 Å². The summed E-state index contributed by atoms with van der Waals surface area (Å²) >= 11 is 0. The molecular formula is C15H21F2NO. The number of hydrogen-bond donors (Lipinski definition) is 2. The number of halogens is 2. The Balaban J connectivity index is 2.33. The van der Waals surface area contributed by atoms with E-state index in [0.717, 1.165) is 24.9 Å². The predicted molar refractivity (Wildman–Crippen MR) is 71.9 cm³/mol. The number of nitrogens with one attached hydrogen (secondary N) is 1. The van der Waals surface area contributed by atoms with Gasteiger partial charge in [-0.05, 0) is 48.9 Å². The largest absolute Gasteiger partial charge is 0.507 e. The lowest BCUT2D eigenvalue weighted by atomic mass is 9.93. The van der Waals surface area contributed by atoms with Crippen molar-refractivity contribution < 1.29 is 13.9 Å². The summed E-state index contributed by atoms with van der Waals surface area (Å²) in [7, 11) is 0. The Morgan fingerprint density at radius 2 is 2.11 bits per heavy atom. The lowest BCUT2D eigenvalue weighted by Gasteiger charge is -2.17. The first-order valence-electron chi connectivity index (χ1n) is 6.86. The van der Waals surface area contributed by atoms with E-state index in [1.54, 1.807) is 0 Å². The average Bonchev–Trinajstić information content (AvgIpc) is 2.83. The highest BCUT2D eigenvalue weighted by Gasteiger charge is 2.22. The molecule has 2 nitrogen and oxygen atoms in total. The Morgan fingerprint density at radius 1 is 1.37 bits per heavy atom. The van der Waals surface area contributed by atoms with E-state index >= 15 is 0 Å². The van der Waals surface area contributed by atoms with Crippen molar-refractivity contribution >= 4 is 0 Å². The second-order valence-corrected chi connectivity index (χ2v) is 5.57. The third-order valence-electron chi connectivity index (χ3n) is 3.77. The number of aromatic hydroxyl groups is 1. The summed E-state index contributed by atoms with van der Waals surface area (Å²) in [5.41, 5.74) is 1.26. The molecule has 19 heavy (non-hydrogen) atoms. The van der Waals surface area contributed by atoms with Crippen LogP contribution in [0.5, 0.6) is 5.75 Å². The average molecular weight is 269 g/mol.